The Morgan fingerprint density at radius 2 is 1.88 bits per heavy atom. The fraction of sp³-hybridized carbons (Fsp3) is 0.200. The molecule has 1 aliphatic rings. The summed E-state index contributed by atoms with van der Waals surface area (Å²) in [4.78, 5) is 19.7. The SMILES string of the molecule is CCN1C(=O)C(=Cc2cc(OC)ccc2OC)SC1=Nc1ccccc1. The van der Waals surface area contributed by atoms with Gasteiger partial charge in [-0.2, -0.15) is 0 Å². The van der Waals surface area contributed by atoms with E-state index >= 15 is 0 Å². The van der Waals surface area contributed by atoms with E-state index in [1.165, 1.54) is 11.8 Å². The second-order valence-electron chi connectivity index (χ2n) is 5.50. The van der Waals surface area contributed by atoms with Crippen molar-refractivity contribution in [3.05, 3.63) is 59.0 Å². The smallest absolute Gasteiger partial charge is 0.266 e. The normalized spacial score (nSPS) is 17.2. The molecular formula is C20H20N2O3S. The van der Waals surface area contributed by atoms with Crippen molar-refractivity contribution in [3.8, 4) is 11.5 Å². The van der Waals surface area contributed by atoms with Crippen molar-refractivity contribution < 1.29 is 14.3 Å². The molecule has 1 fully saturated rings. The van der Waals surface area contributed by atoms with Gasteiger partial charge in [0.2, 0.25) is 0 Å². The summed E-state index contributed by atoms with van der Waals surface area (Å²) in [5.74, 6) is 1.33. The van der Waals surface area contributed by atoms with Crippen LogP contribution in [0.3, 0.4) is 0 Å². The molecule has 0 N–H and O–H groups in total. The van der Waals surface area contributed by atoms with Crippen LogP contribution in [-0.2, 0) is 4.79 Å². The van der Waals surface area contributed by atoms with Gasteiger partial charge < -0.3 is 9.47 Å². The van der Waals surface area contributed by atoms with Gasteiger partial charge in [0.1, 0.15) is 11.5 Å². The quantitative estimate of drug-likeness (QED) is 0.737. The molecule has 26 heavy (non-hydrogen) atoms. The number of likely N-dealkylation sites (N-methyl/N-ethyl adjacent to an activating group) is 1. The Bertz CT molecular complexity index is 863. The molecule has 3 rings (SSSR count). The van der Waals surface area contributed by atoms with E-state index in [4.69, 9.17) is 9.47 Å². The number of carbonyl (C=O) groups excluding carboxylic acids is 1. The van der Waals surface area contributed by atoms with Gasteiger partial charge in [0.25, 0.3) is 5.91 Å². The molecule has 1 saturated heterocycles. The van der Waals surface area contributed by atoms with Crippen LogP contribution in [0, 0.1) is 0 Å². The molecular weight excluding hydrogens is 348 g/mol. The second-order valence-corrected chi connectivity index (χ2v) is 6.51. The molecule has 0 unspecified atom stereocenters. The summed E-state index contributed by atoms with van der Waals surface area (Å²) in [7, 11) is 3.21. The zero-order chi connectivity index (χ0) is 18.5. The summed E-state index contributed by atoms with van der Waals surface area (Å²) >= 11 is 1.36. The zero-order valence-corrected chi connectivity index (χ0v) is 15.7. The number of nitrogens with zero attached hydrogens (tertiary/aromatic N) is 2. The summed E-state index contributed by atoms with van der Waals surface area (Å²) in [6.45, 7) is 2.50. The number of ether oxygens (including phenoxy) is 2. The number of amides is 1. The third-order valence-electron chi connectivity index (χ3n) is 3.91. The molecule has 0 saturated carbocycles. The van der Waals surface area contributed by atoms with E-state index < -0.39 is 0 Å². The second kappa shape index (κ2) is 8.10. The first-order valence-electron chi connectivity index (χ1n) is 8.23. The highest BCUT2D eigenvalue weighted by atomic mass is 32.2. The molecule has 2 aromatic carbocycles. The Kier molecular flexibility index (Phi) is 5.63. The number of para-hydroxylation sites is 1. The first-order chi connectivity index (χ1) is 12.7. The van der Waals surface area contributed by atoms with E-state index in [-0.39, 0.29) is 5.91 Å². The van der Waals surface area contributed by atoms with Crippen LogP contribution in [-0.4, -0.2) is 36.7 Å². The lowest BCUT2D eigenvalue weighted by Crippen LogP contribution is -2.28. The molecule has 1 heterocycles. The van der Waals surface area contributed by atoms with Crippen LogP contribution in [0.15, 0.2) is 58.4 Å². The Hall–Kier alpha value is -2.73. The number of hydrogen-bond acceptors (Lipinski definition) is 5. The van der Waals surface area contributed by atoms with Gasteiger partial charge in [-0.1, -0.05) is 18.2 Å². The van der Waals surface area contributed by atoms with Gasteiger partial charge in [0, 0.05) is 12.1 Å². The number of carbonyl (C=O) groups is 1. The zero-order valence-electron chi connectivity index (χ0n) is 14.9. The van der Waals surface area contributed by atoms with Crippen LogP contribution in [0.25, 0.3) is 6.08 Å². The molecule has 0 spiro atoms. The topological polar surface area (TPSA) is 51.1 Å². The summed E-state index contributed by atoms with van der Waals surface area (Å²) < 4.78 is 10.7. The van der Waals surface area contributed by atoms with Crippen molar-refractivity contribution >= 4 is 34.6 Å². The van der Waals surface area contributed by atoms with Crippen LogP contribution in [0.4, 0.5) is 5.69 Å². The first-order valence-corrected chi connectivity index (χ1v) is 9.05. The van der Waals surface area contributed by atoms with Crippen molar-refractivity contribution in [2.24, 2.45) is 4.99 Å². The average molecular weight is 368 g/mol. The molecule has 0 aromatic heterocycles. The molecule has 1 amide bonds. The minimum Gasteiger partial charge on any atom is -0.497 e. The summed E-state index contributed by atoms with van der Waals surface area (Å²) in [6, 6.07) is 15.1. The van der Waals surface area contributed by atoms with E-state index in [1.807, 2.05) is 61.5 Å². The van der Waals surface area contributed by atoms with Crippen molar-refractivity contribution in [3.63, 3.8) is 0 Å². The highest BCUT2D eigenvalue weighted by molar-refractivity contribution is 8.18. The Labute approximate surface area is 157 Å². The van der Waals surface area contributed by atoms with Crippen molar-refractivity contribution in [2.45, 2.75) is 6.92 Å². The molecule has 0 bridgehead atoms. The Balaban J connectivity index is 1.98. The van der Waals surface area contributed by atoms with Gasteiger partial charge in [-0.15, -0.1) is 0 Å². The highest BCUT2D eigenvalue weighted by Gasteiger charge is 2.32. The number of thioether (sulfide) groups is 1. The van der Waals surface area contributed by atoms with Crippen molar-refractivity contribution in [1.29, 1.82) is 0 Å². The lowest BCUT2D eigenvalue weighted by Gasteiger charge is -2.12. The fourth-order valence-electron chi connectivity index (χ4n) is 2.58. The number of amidine groups is 1. The number of benzene rings is 2. The Morgan fingerprint density at radius 1 is 1.12 bits per heavy atom. The first kappa shape index (κ1) is 18.1. The van der Waals surface area contributed by atoms with Crippen LogP contribution in [0.1, 0.15) is 12.5 Å². The molecule has 6 heteroatoms. The van der Waals surface area contributed by atoms with Crippen LogP contribution in [0.5, 0.6) is 11.5 Å². The van der Waals surface area contributed by atoms with E-state index in [1.54, 1.807) is 19.1 Å². The molecule has 5 nitrogen and oxygen atoms in total. The maximum atomic E-state index is 12.8. The van der Waals surface area contributed by atoms with Gasteiger partial charge in [0.15, 0.2) is 5.17 Å². The lowest BCUT2D eigenvalue weighted by molar-refractivity contribution is -0.122. The molecule has 1 aliphatic heterocycles. The lowest BCUT2D eigenvalue weighted by atomic mass is 10.1. The monoisotopic (exact) mass is 368 g/mol. The van der Waals surface area contributed by atoms with Gasteiger partial charge in [-0.3, -0.25) is 9.69 Å². The highest BCUT2D eigenvalue weighted by Crippen LogP contribution is 2.36. The maximum Gasteiger partial charge on any atom is 0.266 e. The van der Waals surface area contributed by atoms with E-state index in [9.17, 15) is 4.79 Å². The third kappa shape index (κ3) is 3.75. The molecule has 2 aromatic rings. The molecule has 0 aliphatic carbocycles. The minimum absolute atomic E-state index is 0.0583. The van der Waals surface area contributed by atoms with Gasteiger partial charge in [-0.05, 0) is 55.1 Å². The van der Waals surface area contributed by atoms with Crippen LogP contribution in [0.2, 0.25) is 0 Å². The maximum absolute atomic E-state index is 12.8. The predicted molar refractivity (Wildman–Crippen MR) is 106 cm³/mol. The van der Waals surface area contributed by atoms with Gasteiger partial charge in [-0.25, -0.2) is 4.99 Å². The van der Waals surface area contributed by atoms with Gasteiger partial charge in [0.05, 0.1) is 24.8 Å². The number of aliphatic imine (C=N–C) groups is 1. The van der Waals surface area contributed by atoms with E-state index in [0.717, 1.165) is 11.3 Å². The number of methoxy groups -OCH3 is 2. The average Bonchev–Trinajstić information content (AvgIpc) is 2.96. The minimum atomic E-state index is -0.0583. The molecule has 0 atom stereocenters. The molecule has 0 radical (unpaired) electrons. The third-order valence-corrected chi connectivity index (χ3v) is 4.92. The number of rotatable bonds is 5. The summed E-state index contributed by atoms with van der Waals surface area (Å²) in [5.41, 5.74) is 1.61. The Morgan fingerprint density at radius 3 is 2.54 bits per heavy atom. The van der Waals surface area contributed by atoms with E-state index in [0.29, 0.717) is 28.1 Å². The predicted octanol–water partition coefficient (Wildman–Crippen LogP) is 4.33. The summed E-state index contributed by atoms with van der Waals surface area (Å²) in [5, 5.41) is 0.678. The van der Waals surface area contributed by atoms with Crippen molar-refractivity contribution in [2.75, 3.05) is 20.8 Å². The van der Waals surface area contributed by atoms with Crippen molar-refractivity contribution in [1.82, 2.24) is 4.90 Å². The largest absolute Gasteiger partial charge is 0.497 e. The summed E-state index contributed by atoms with van der Waals surface area (Å²) in [6.07, 6.45) is 1.82. The van der Waals surface area contributed by atoms with Crippen LogP contribution < -0.4 is 9.47 Å². The van der Waals surface area contributed by atoms with E-state index in [2.05, 4.69) is 4.99 Å². The van der Waals surface area contributed by atoms with Crippen LogP contribution >= 0.6 is 11.8 Å². The molecule has 134 valence electrons. The fourth-order valence-corrected chi connectivity index (χ4v) is 3.63. The van der Waals surface area contributed by atoms with Gasteiger partial charge >= 0.3 is 0 Å². The standard InChI is InChI=1S/C20H20N2O3S/c1-4-22-19(23)18(26-20(22)21-15-8-6-5-7-9-15)13-14-12-16(24-2)10-11-17(14)25-3/h5-13H,4H2,1-3H3. The number of hydrogen-bond donors (Lipinski definition) is 0.